The summed E-state index contributed by atoms with van der Waals surface area (Å²) < 4.78 is 1.02. The van der Waals surface area contributed by atoms with Gasteiger partial charge in [0.05, 0.1) is 17.0 Å². The first-order valence-electron chi connectivity index (χ1n) is 8.92. The topological polar surface area (TPSA) is 115 Å². The number of amides is 2. The Labute approximate surface area is 160 Å². The van der Waals surface area contributed by atoms with E-state index in [0.717, 1.165) is 22.9 Å². The van der Waals surface area contributed by atoms with Crippen molar-refractivity contribution < 1.29 is 14.5 Å². The van der Waals surface area contributed by atoms with Gasteiger partial charge in [-0.2, -0.15) is 0 Å². The molecule has 9 nitrogen and oxygen atoms in total. The summed E-state index contributed by atoms with van der Waals surface area (Å²) >= 11 is 0. The number of carbonyl (C=O) groups is 2. The number of rotatable bonds is 5. The van der Waals surface area contributed by atoms with Crippen molar-refractivity contribution in [1.82, 2.24) is 9.47 Å². The van der Waals surface area contributed by atoms with Gasteiger partial charge in [-0.15, -0.1) is 0 Å². The minimum Gasteiger partial charge on any atom is -0.340 e. The second kappa shape index (κ2) is 8.47. The van der Waals surface area contributed by atoms with Gasteiger partial charge in [-0.1, -0.05) is 18.2 Å². The molecule has 1 fully saturated rings. The first kappa shape index (κ1) is 19.3. The Morgan fingerprint density at radius 3 is 2.64 bits per heavy atom. The zero-order valence-corrected chi connectivity index (χ0v) is 15.1. The lowest BCUT2D eigenvalue weighted by Crippen LogP contribution is -2.45. The third-order valence-corrected chi connectivity index (χ3v) is 4.67. The van der Waals surface area contributed by atoms with Crippen molar-refractivity contribution >= 4 is 23.2 Å². The zero-order valence-electron chi connectivity index (χ0n) is 15.1. The molecule has 1 atom stereocenters. The summed E-state index contributed by atoms with van der Waals surface area (Å²) in [6.07, 6.45) is 2.39. The molecule has 0 spiro atoms. The predicted molar refractivity (Wildman–Crippen MR) is 102 cm³/mol. The fraction of sp³-hybridized carbons (Fsp3) is 0.316. The quantitative estimate of drug-likeness (QED) is 0.622. The number of aromatic nitrogens is 1. The van der Waals surface area contributed by atoms with Crippen molar-refractivity contribution in [2.45, 2.75) is 19.4 Å². The van der Waals surface area contributed by atoms with E-state index in [1.165, 1.54) is 4.90 Å². The number of carbonyl (C=O) groups excluding carboxylic acids is 2. The lowest BCUT2D eigenvalue weighted by Gasteiger charge is -2.32. The van der Waals surface area contributed by atoms with Gasteiger partial charge in [-0.3, -0.25) is 29.1 Å². The first-order chi connectivity index (χ1) is 13.4. The second-order valence-electron chi connectivity index (χ2n) is 6.64. The SMILES string of the molecule is O=C(Nc1ccccc1)C1CCCN(C(=O)Cn2cc([N+](=O)[O-])ccc2=O)C1. The fourth-order valence-electron chi connectivity index (χ4n) is 3.18. The summed E-state index contributed by atoms with van der Waals surface area (Å²) in [5.74, 6) is -0.851. The molecule has 0 saturated carbocycles. The molecule has 1 aromatic carbocycles. The largest absolute Gasteiger partial charge is 0.340 e. The van der Waals surface area contributed by atoms with Gasteiger partial charge in [0.2, 0.25) is 11.8 Å². The van der Waals surface area contributed by atoms with Crippen molar-refractivity contribution in [3.05, 3.63) is 69.1 Å². The van der Waals surface area contributed by atoms with Crippen LogP contribution in [0.3, 0.4) is 0 Å². The molecule has 2 aromatic rings. The summed E-state index contributed by atoms with van der Waals surface area (Å²) in [4.78, 5) is 48.8. The van der Waals surface area contributed by atoms with Gasteiger partial charge in [0.25, 0.3) is 11.2 Å². The Morgan fingerprint density at radius 2 is 1.93 bits per heavy atom. The number of anilines is 1. The van der Waals surface area contributed by atoms with Crippen LogP contribution in [0.4, 0.5) is 11.4 Å². The van der Waals surface area contributed by atoms with E-state index >= 15 is 0 Å². The van der Waals surface area contributed by atoms with Crippen LogP contribution < -0.4 is 10.9 Å². The molecule has 1 N–H and O–H groups in total. The summed E-state index contributed by atoms with van der Waals surface area (Å²) in [5, 5.41) is 13.7. The molecule has 28 heavy (non-hydrogen) atoms. The highest BCUT2D eigenvalue weighted by atomic mass is 16.6. The van der Waals surface area contributed by atoms with E-state index in [-0.39, 0.29) is 36.5 Å². The average Bonchev–Trinajstić information content (AvgIpc) is 2.70. The molecule has 0 aliphatic carbocycles. The molecule has 1 saturated heterocycles. The Kier molecular flexibility index (Phi) is 5.83. The highest BCUT2D eigenvalue weighted by molar-refractivity contribution is 5.93. The molecule has 0 bridgehead atoms. The summed E-state index contributed by atoms with van der Waals surface area (Å²) in [5.41, 5.74) is -0.0559. The third kappa shape index (κ3) is 4.61. The van der Waals surface area contributed by atoms with E-state index in [1.54, 1.807) is 12.1 Å². The fourth-order valence-corrected chi connectivity index (χ4v) is 3.18. The van der Waals surface area contributed by atoms with Gasteiger partial charge in [-0.25, -0.2) is 0 Å². The van der Waals surface area contributed by atoms with Crippen LogP contribution in [-0.4, -0.2) is 39.3 Å². The summed E-state index contributed by atoms with van der Waals surface area (Å²) in [6, 6.07) is 11.3. The molecule has 1 unspecified atom stereocenters. The predicted octanol–water partition coefficient (Wildman–Crippen LogP) is 1.63. The van der Waals surface area contributed by atoms with Crippen LogP contribution in [0.1, 0.15) is 12.8 Å². The minimum atomic E-state index is -0.620. The van der Waals surface area contributed by atoms with Crippen molar-refractivity contribution in [3.63, 3.8) is 0 Å². The number of pyridine rings is 1. The molecule has 1 aliphatic heterocycles. The highest BCUT2D eigenvalue weighted by Crippen LogP contribution is 2.19. The van der Waals surface area contributed by atoms with E-state index in [4.69, 9.17) is 0 Å². The van der Waals surface area contributed by atoms with Gasteiger partial charge in [-0.05, 0) is 25.0 Å². The molecule has 1 aromatic heterocycles. The van der Waals surface area contributed by atoms with Crippen LogP contribution in [0, 0.1) is 16.0 Å². The number of likely N-dealkylation sites (tertiary alicyclic amines) is 1. The maximum Gasteiger partial charge on any atom is 0.285 e. The Hall–Kier alpha value is -3.49. The van der Waals surface area contributed by atoms with Crippen LogP contribution in [-0.2, 0) is 16.1 Å². The first-order valence-corrected chi connectivity index (χ1v) is 8.92. The number of nitrogens with zero attached hydrogens (tertiary/aromatic N) is 3. The number of nitro groups is 1. The molecule has 9 heteroatoms. The number of piperidine rings is 1. The van der Waals surface area contributed by atoms with Gasteiger partial charge in [0, 0.05) is 30.9 Å². The van der Waals surface area contributed by atoms with Gasteiger partial charge < -0.3 is 10.2 Å². The van der Waals surface area contributed by atoms with E-state index in [0.29, 0.717) is 25.1 Å². The third-order valence-electron chi connectivity index (χ3n) is 4.67. The second-order valence-corrected chi connectivity index (χ2v) is 6.64. The Bertz CT molecular complexity index is 941. The van der Waals surface area contributed by atoms with E-state index in [9.17, 15) is 24.5 Å². The van der Waals surface area contributed by atoms with Crippen molar-refractivity contribution in [2.75, 3.05) is 18.4 Å². The number of hydrogen-bond acceptors (Lipinski definition) is 5. The molecule has 146 valence electrons. The zero-order chi connectivity index (χ0) is 20.1. The molecule has 3 rings (SSSR count). The van der Waals surface area contributed by atoms with Crippen LogP contribution in [0.5, 0.6) is 0 Å². The average molecular weight is 384 g/mol. The number of hydrogen-bond donors (Lipinski definition) is 1. The van der Waals surface area contributed by atoms with Crippen molar-refractivity contribution in [1.29, 1.82) is 0 Å². The number of benzene rings is 1. The van der Waals surface area contributed by atoms with Crippen molar-refractivity contribution in [3.8, 4) is 0 Å². The summed E-state index contributed by atoms with van der Waals surface area (Å²) in [6.45, 7) is 0.437. The van der Waals surface area contributed by atoms with Crippen LogP contribution in [0.2, 0.25) is 0 Å². The number of nitrogens with one attached hydrogen (secondary N) is 1. The number of para-hydroxylation sites is 1. The smallest absolute Gasteiger partial charge is 0.285 e. The highest BCUT2D eigenvalue weighted by Gasteiger charge is 2.28. The van der Waals surface area contributed by atoms with Crippen LogP contribution in [0.15, 0.2) is 53.5 Å². The molecular weight excluding hydrogens is 364 g/mol. The Balaban J connectivity index is 1.64. The van der Waals surface area contributed by atoms with E-state index < -0.39 is 10.5 Å². The molecule has 2 heterocycles. The normalized spacial score (nSPS) is 16.4. The standard InChI is InChI=1S/C19H20N4O5/c24-17-9-8-16(23(27)28)12-22(17)13-18(25)21-10-4-5-14(11-21)19(26)20-15-6-2-1-3-7-15/h1-3,6-9,12,14H,4-5,10-11,13H2,(H,20,26). The Morgan fingerprint density at radius 1 is 1.18 bits per heavy atom. The van der Waals surface area contributed by atoms with E-state index in [2.05, 4.69) is 5.32 Å². The molecule has 0 radical (unpaired) electrons. The van der Waals surface area contributed by atoms with Crippen molar-refractivity contribution in [2.24, 2.45) is 5.92 Å². The van der Waals surface area contributed by atoms with E-state index in [1.807, 2.05) is 18.2 Å². The van der Waals surface area contributed by atoms with Crippen LogP contribution in [0.25, 0.3) is 0 Å². The van der Waals surface area contributed by atoms with Gasteiger partial charge in [0.1, 0.15) is 6.54 Å². The molecule has 1 aliphatic rings. The summed E-state index contributed by atoms with van der Waals surface area (Å²) in [7, 11) is 0. The van der Waals surface area contributed by atoms with Gasteiger partial charge in [0.15, 0.2) is 0 Å². The molecule has 2 amide bonds. The lowest BCUT2D eigenvalue weighted by molar-refractivity contribution is -0.385. The monoisotopic (exact) mass is 384 g/mol. The maximum absolute atomic E-state index is 12.6. The lowest BCUT2D eigenvalue weighted by atomic mass is 9.97. The molecular formula is C19H20N4O5. The minimum absolute atomic E-state index is 0.156. The van der Waals surface area contributed by atoms with Gasteiger partial charge >= 0.3 is 0 Å². The maximum atomic E-state index is 12.6. The van der Waals surface area contributed by atoms with Crippen LogP contribution >= 0.6 is 0 Å².